The first-order chi connectivity index (χ1) is 8.45. The van der Waals surface area contributed by atoms with E-state index in [0.29, 0.717) is 37.2 Å². The largest absolute Gasteiger partial charge is 0.447 e. The topological polar surface area (TPSA) is 62.6 Å². The van der Waals surface area contributed by atoms with Gasteiger partial charge in [0.25, 0.3) is 10.0 Å². The molecular weight excluding hydrogens is 252 g/mol. The second kappa shape index (κ2) is 5.03. The molecular formula is C12H20N2O3S. The van der Waals surface area contributed by atoms with Crippen molar-refractivity contribution in [1.82, 2.24) is 9.62 Å². The van der Waals surface area contributed by atoms with Crippen LogP contribution in [0.4, 0.5) is 0 Å². The van der Waals surface area contributed by atoms with Gasteiger partial charge >= 0.3 is 0 Å². The number of nitrogens with one attached hydrogen (secondary N) is 1. The van der Waals surface area contributed by atoms with Gasteiger partial charge in [0, 0.05) is 13.1 Å². The van der Waals surface area contributed by atoms with Gasteiger partial charge < -0.3 is 9.73 Å². The molecule has 18 heavy (non-hydrogen) atoms. The molecule has 1 aliphatic heterocycles. The number of hydrogen-bond acceptors (Lipinski definition) is 4. The zero-order chi connectivity index (χ0) is 13.3. The summed E-state index contributed by atoms with van der Waals surface area (Å²) in [4.78, 5) is 0. The van der Waals surface area contributed by atoms with Gasteiger partial charge in [0.05, 0.1) is 6.54 Å². The fraction of sp³-hybridized carbons (Fsp3) is 0.667. The van der Waals surface area contributed by atoms with Gasteiger partial charge in [-0.2, -0.15) is 4.31 Å². The summed E-state index contributed by atoms with van der Waals surface area (Å²) in [6.07, 6.45) is 0. The number of rotatable bonds is 4. The Kier molecular flexibility index (Phi) is 3.79. The zero-order valence-corrected chi connectivity index (χ0v) is 11.8. The Bertz CT molecular complexity index is 499. The van der Waals surface area contributed by atoms with Gasteiger partial charge in [0.1, 0.15) is 5.76 Å². The second-order valence-corrected chi connectivity index (χ2v) is 6.90. The Morgan fingerprint density at radius 3 is 2.50 bits per heavy atom. The minimum atomic E-state index is -3.46. The van der Waals surface area contributed by atoms with Crippen molar-refractivity contribution in [2.75, 3.05) is 20.1 Å². The monoisotopic (exact) mass is 272 g/mol. The van der Waals surface area contributed by atoms with Crippen LogP contribution in [0.25, 0.3) is 0 Å². The first-order valence-corrected chi connectivity index (χ1v) is 7.62. The normalized spacial score (nSPS) is 25.7. The summed E-state index contributed by atoms with van der Waals surface area (Å²) in [7, 11) is -1.67. The fourth-order valence-corrected chi connectivity index (χ4v) is 3.74. The second-order valence-electron chi connectivity index (χ2n) is 5.03. The van der Waals surface area contributed by atoms with Gasteiger partial charge in [-0.1, -0.05) is 13.8 Å². The lowest BCUT2D eigenvalue weighted by atomic mass is 10.0. The molecule has 0 spiro atoms. The van der Waals surface area contributed by atoms with E-state index >= 15 is 0 Å². The molecule has 0 aliphatic carbocycles. The third-order valence-corrected chi connectivity index (χ3v) is 5.24. The molecule has 5 nitrogen and oxygen atoms in total. The van der Waals surface area contributed by atoms with Crippen LogP contribution in [0.1, 0.15) is 19.6 Å². The molecule has 0 radical (unpaired) electrons. The maximum atomic E-state index is 12.4. The van der Waals surface area contributed by atoms with E-state index in [4.69, 9.17) is 4.42 Å². The number of nitrogens with zero attached hydrogens (tertiary/aromatic N) is 1. The van der Waals surface area contributed by atoms with Crippen molar-refractivity contribution in [3.8, 4) is 0 Å². The standard InChI is InChI=1S/C12H20N2O3S/c1-9-7-14(8-10(9)2)18(15,16)12-5-4-11(17-12)6-13-3/h4-5,9-10,13H,6-8H2,1-3H3. The van der Waals surface area contributed by atoms with Crippen LogP contribution in [0.5, 0.6) is 0 Å². The molecule has 1 fully saturated rings. The number of sulfonamides is 1. The zero-order valence-electron chi connectivity index (χ0n) is 11.0. The highest BCUT2D eigenvalue weighted by molar-refractivity contribution is 7.89. The van der Waals surface area contributed by atoms with E-state index < -0.39 is 10.0 Å². The van der Waals surface area contributed by atoms with Crippen LogP contribution in [-0.2, 0) is 16.6 Å². The van der Waals surface area contributed by atoms with Crippen molar-refractivity contribution in [2.45, 2.75) is 25.5 Å². The molecule has 0 aromatic carbocycles. The average molecular weight is 272 g/mol. The van der Waals surface area contributed by atoms with E-state index in [0.717, 1.165) is 0 Å². The van der Waals surface area contributed by atoms with Gasteiger partial charge in [0.2, 0.25) is 5.09 Å². The maximum Gasteiger partial charge on any atom is 0.276 e. The van der Waals surface area contributed by atoms with Crippen molar-refractivity contribution in [3.63, 3.8) is 0 Å². The first kappa shape index (κ1) is 13.6. The van der Waals surface area contributed by atoms with E-state index in [2.05, 4.69) is 19.2 Å². The predicted octanol–water partition coefficient (Wildman–Crippen LogP) is 1.28. The Balaban J connectivity index is 2.20. The maximum absolute atomic E-state index is 12.4. The van der Waals surface area contributed by atoms with Gasteiger partial charge in [-0.3, -0.25) is 0 Å². The summed E-state index contributed by atoms with van der Waals surface area (Å²) in [5.74, 6) is 1.43. The van der Waals surface area contributed by atoms with Crippen LogP contribution >= 0.6 is 0 Å². The highest BCUT2D eigenvalue weighted by Crippen LogP contribution is 2.28. The molecule has 2 rings (SSSR count). The smallest absolute Gasteiger partial charge is 0.276 e. The van der Waals surface area contributed by atoms with Crippen LogP contribution in [-0.4, -0.2) is 32.9 Å². The van der Waals surface area contributed by atoms with E-state index in [1.807, 2.05) is 0 Å². The summed E-state index contributed by atoms with van der Waals surface area (Å²) in [5.41, 5.74) is 0. The van der Waals surface area contributed by atoms with Crippen LogP contribution in [0.2, 0.25) is 0 Å². The highest BCUT2D eigenvalue weighted by Gasteiger charge is 2.36. The molecule has 2 atom stereocenters. The van der Waals surface area contributed by atoms with Crippen LogP contribution in [0.15, 0.2) is 21.6 Å². The minimum Gasteiger partial charge on any atom is -0.447 e. The molecule has 6 heteroatoms. The first-order valence-electron chi connectivity index (χ1n) is 6.18. The summed E-state index contributed by atoms with van der Waals surface area (Å²) in [6, 6.07) is 3.24. The number of hydrogen-bond donors (Lipinski definition) is 1. The molecule has 0 amide bonds. The lowest BCUT2D eigenvalue weighted by molar-refractivity contribution is 0.381. The molecule has 0 bridgehead atoms. The van der Waals surface area contributed by atoms with E-state index in [-0.39, 0.29) is 5.09 Å². The summed E-state index contributed by atoms with van der Waals surface area (Å²) in [6.45, 7) is 5.84. The Morgan fingerprint density at radius 1 is 1.33 bits per heavy atom. The summed E-state index contributed by atoms with van der Waals surface area (Å²) < 4.78 is 31.6. The third-order valence-electron chi connectivity index (χ3n) is 3.54. The number of furan rings is 1. The van der Waals surface area contributed by atoms with Crippen molar-refractivity contribution in [1.29, 1.82) is 0 Å². The Hall–Kier alpha value is -0.850. The Labute approximate surface area is 108 Å². The highest BCUT2D eigenvalue weighted by atomic mass is 32.2. The fourth-order valence-electron chi connectivity index (χ4n) is 2.17. The Morgan fingerprint density at radius 2 is 1.94 bits per heavy atom. The quantitative estimate of drug-likeness (QED) is 0.896. The van der Waals surface area contributed by atoms with Crippen molar-refractivity contribution >= 4 is 10.0 Å². The average Bonchev–Trinajstić information content (AvgIpc) is 2.88. The van der Waals surface area contributed by atoms with Crippen LogP contribution in [0, 0.1) is 11.8 Å². The summed E-state index contributed by atoms with van der Waals surface area (Å²) >= 11 is 0. The summed E-state index contributed by atoms with van der Waals surface area (Å²) in [5, 5.41) is 2.98. The molecule has 2 heterocycles. The third kappa shape index (κ3) is 2.46. The molecule has 1 aromatic rings. The molecule has 102 valence electrons. The minimum absolute atomic E-state index is 0.0500. The molecule has 2 unspecified atom stereocenters. The molecule has 0 saturated carbocycles. The van der Waals surface area contributed by atoms with Gasteiger partial charge in [0.15, 0.2) is 0 Å². The van der Waals surface area contributed by atoms with Gasteiger partial charge in [-0.15, -0.1) is 0 Å². The van der Waals surface area contributed by atoms with Crippen molar-refractivity contribution in [2.24, 2.45) is 11.8 Å². The molecule has 1 saturated heterocycles. The van der Waals surface area contributed by atoms with E-state index in [1.165, 1.54) is 10.4 Å². The lowest BCUT2D eigenvalue weighted by Gasteiger charge is -2.13. The van der Waals surface area contributed by atoms with E-state index in [9.17, 15) is 8.42 Å². The van der Waals surface area contributed by atoms with Gasteiger partial charge in [-0.05, 0) is 31.0 Å². The van der Waals surface area contributed by atoms with Crippen molar-refractivity contribution in [3.05, 3.63) is 17.9 Å². The van der Waals surface area contributed by atoms with Crippen LogP contribution < -0.4 is 5.32 Å². The van der Waals surface area contributed by atoms with Gasteiger partial charge in [-0.25, -0.2) is 8.42 Å². The molecule has 1 N–H and O–H groups in total. The molecule has 1 aromatic heterocycles. The lowest BCUT2D eigenvalue weighted by Crippen LogP contribution is -2.28. The SMILES string of the molecule is CNCc1ccc(S(=O)(=O)N2CC(C)C(C)C2)o1. The molecule has 1 aliphatic rings. The van der Waals surface area contributed by atoms with E-state index in [1.54, 1.807) is 13.1 Å². The predicted molar refractivity (Wildman–Crippen MR) is 68.6 cm³/mol. The van der Waals surface area contributed by atoms with Crippen LogP contribution in [0.3, 0.4) is 0 Å². The van der Waals surface area contributed by atoms with Crippen molar-refractivity contribution < 1.29 is 12.8 Å².